The van der Waals surface area contributed by atoms with Crippen molar-refractivity contribution in [3.63, 3.8) is 0 Å². The number of aromatic nitrogens is 1. The fourth-order valence-electron chi connectivity index (χ4n) is 2.45. The van der Waals surface area contributed by atoms with Crippen LogP contribution in [0.15, 0.2) is 41.1 Å². The second-order valence-corrected chi connectivity index (χ2v) is 5.11. The molecule has 1 aliphatic rings. The Morgan fingerprint density at radius 3 is 2.46 bits per heavy atom. The number of nitrogens with zero attached hydrogens (tertiary/aromatic N) is 3. The maximum absolute atomic E-state index is 12.6. The molecule has 0 aromatic carbocycles. The zero-order valence-corrected chi connectivity index (χ0v) is 13.0. The molecular formula is C16H15N3O5. The number of methoxy groups -OCH3 is 1. The van der Waals surface area contributed by atoms with Gasteiger partial charge in [-0.15, -0.1) is 0 Å². The summed E-state index contributed by atoms with van der Waals surface area (Å²) in [4.78, 5) is 40.4. The lowest BCUT2D eigenvalue weighted by Crippen LogP contribution is -2.45. The highest BCUT2D eigenvalue weighted by atomic mass is 16.5. The van der Waals surface area contributed by atoms with Crippen molar-refractivity contribution >= 4 is 17.8 Å². The lowest BCUT2D eigenvalue weighted by Gasteiger charge is -2.26. The largest absolute Gasteiger partial charge is 0.465 e. The Kier molecular flexibility index (Phi) is 4.28. The molecule has 1 saturated heterocycles. The highest BCUT2D eigenvalue weighted by Crippen LogP contribution is 2.18. The van der Waals surface area contributed by atoms with Gasteiger partial charge in [0.05, 0.1) is 18.9 Å². The summed E-state index contributed by atoms with van der Waals surface area (Å²) >= 11 is 0. The summed E-state index contributed by atoms with van der Waals surface area (Å²) in [6, 6.07) is 6.05. The van der Waals surface area contributed by atoms with Gasteiger partial charge in [0.15, 0.2) is 5.76 Å². The average Bonchev–Trinajstić information content (AvgIpc) is 3.31. The predicted molar refractivity (Wildman–Crippen MR) is 81.0 cm³/mol. The number of ether oxygens (including phenoxy) is 1. The topological polar surface area (TPSA) is 93.0 Å². The molecule has 2 aromatic rings. The van der Waals surface area contributed by atoms with Crippen LogP contribution in [0.25, 0.3) is 0 Å². The maximum Gasteiger partial charge on any atom is 0.339 e. The summed E-state index contributed by atoms with van der Waals surface area (Å²) in [5.74, 6) is -1.15. The Morgan fingerprint density at radius 2 is 1.88 bits per heavy atom. The van der Waals surface area contributed by atoms with Gasteiger partial charge >= 0.3 is 11.9 Å². The molecule has 2 aromatic heterocycles. The molecule has 3 rings (SSSR count). The van der Waals surface area contributed by atoms with Crippen molar-refractivity contribution in [1.29, 1.82) is 0 Å². The summed E-state index contributed by atoms with van der Waals surface area (Å²) in [5, 5.41) is 2.68. The summed E-state index contributed by atoms with van der Waals surface area (Å²) in [5.41, 5.74) is 0.390. The number of carbonyl (C=O) groups is 3. The lowest BCUT2D eigenvalue weighted by atomic mass is 10.2. The molecule has 0 radical (unpaired) electrons. The highest BCUT2D eigenvalue weighted by molar-refractivity contribution is 5.98. The number of furan rings is 1. The van der Waals surface area contributed by atoms with Crippen molar-refractivity contribution in [3.05, 3.63) is 53.7 Å². The van der Waals surface area contributed by atoms with Crippen LogP contribution in [0.3, 0.4) is 0 Å². The molecule has 0 saturated carbocycles. The Hall–Kier alpha value is -3.16. The van der Waals surface area contributed by atoms with Gasteiger partial charge in [-0.2, -0.15) is 0 Å². The minimum absolute atomic E-state index is 0.141. The van der Waals surface area contributed by atoms with E-state index in [0.717, 1.165) is 0 Å². The van der Waals surface area contributed by atoms with Gasteiger partial charge in [-0.05, 0) is 30.7 Å². The second-order valence-electron chi connectivity index (χ2n) is 5.11. The molecule has 0 spiro atoms. The summed E-state index contributed by atoms with van der Waals surface area (Å²) in [7, 11) is 1.27. The second kappa shape index (κ2) is 6.53. The van der Waals surface area contributed by atoms with Crippen LogP contribution in [0, 0.1) is 0 Å². The van der Waals surface area contributed by atoms with E-state index in [4.69, 9.17) is 4.42 Å². The van der Waals surface area contributed by atoms with Crippen molar-refractivity contribution in [2.75, 3.05) is 20.2 Å². The first-order chi connectivity index (χ1) is 11.6. The summed E-state index contributed by atoms with van der Waals surface area (Å²) < 4.78 is 9.69. The van der Waals surface area contributed by atoms with E-state index in [1.54, 1.807) is 12.1 Å². The van der Waals surface area contributed by atoms with E-state index < -0.39 is 11.9 Å². The number of rotatable bonds is 3. The molecule has 24 heavy (non-hydrogen) atoms. The van der Waals surface area contributed by atoms with E-state index in [0.29, 0.717) is 19.5 Å². The van der Waals surface area contributed by atoms with Crippen molar-refractivity contribution in [1.82, 2.24) is 15.0 Å². The molecule has 8 heteroatoms. The van der Waals surface area contributed by atoms with Gasteiger partial charge < -0.3 is 9.15 Å². The van der Waals surface area contributed by atoms with Crippen LogP contribution >= 0.6 is 0 Å². The number of hydrogen-bond acceptors (Lipinski definition) is 6. The third-order valence-corrected chi connectivity index (χ3v) is 3.64. The van der Waals surface area contributed by atoms with Gasteiger partial charge in [-0.25, -0.2) is 14.8 Å². The van der Waals surface area contributed by atoms with E-state index in [1.807, 2.05) is 0 Å². The monoisotopic (exact) mass is 329 g/mol. The van der Waals surface area contributed by atoms with Crippen LogP contribution in [0.1, 0.15) is 37.8 Å². The smallest absolute Gasteiger partial charge is 0.339 e. The standard InChI is InChI=1S/C16H15N3O5/c1-23-16(22)11-5-6-12(17-10-11)14(20)18-7-3-8-19(18)15(21)13-4-2-9-24-13/h2,4-6,9-10H,3,7-8H2,1H3. The molecule has 0 bridgehead atoms. The quantitative estimate of drug-likeness (QED) is 0.790. The first kappa shape index (κ1) is 15.7. The summed E-state index contributed by atoms with van der Waals surface area (Å²) in [6.07, 6.45) is 3.34. The zero-order chi connectivity index (χ0) is 17.1. The normalized spacial score (nSPS) is 13.9. The molecule has 1 fully saturated rings. The minimum Gasteiger partial charge on any atom is -0.465 e. The van der Waals surface area contributed by atoms with E-state index >= 15 is 0 Å². The van der Waals surface area contributed by atoms with Crippen LogP contribution in [0.5, 0.6) is 0 Å². The number of carbonyl (C=O) groups excluding carboxylic acids is 3. The first-order valence-corrected chi connectivity index (χ1v) is 7.33. The van der Waals surface area contributed by atoms with Gasteiger partial charge in [-0.3, -0.25) is 14.6 Å². The number of amides is 2. The number of pyridine rings is 1. The van der Waals surface area contributed by atoms with Crippen molar-refractivity contribution < 1.29 is 23.5 Å². The Balaban J connectivity index is 1.78. The molecule has 0 unspecified atom stereocenters. The van der Waals surface area contributed by atoms with Gasteiger partial charge in [0.2, 0.25) is 0 Å². The van der Waals surface area contributed by atoms with Crippen LogP contribution in [-0.4, -0.2) is 53.0 Å². The van der Waals surface area contributed by atoms with Gasteiger partial charge in [0.25, 0.3) is 5.91 Å². The molecule has 0 N–H and O–H groups in total. The van der Waals surface area contributed by atoms with E-state index in [1.165, 1.54) is 41.7 Å². The van der Waals surface area contributed by atoms with Crippen LogP contribution < -0.4 is 0 Å². The first-order valence-electron chi connectivity index (χ1n) is 7.33. The minimum atomic E-state index is -0.530. The van der Waals surface area contributed by atoms with Gasteiger partial charge in [-0.1, -0.05) is 0 Å². The molecule has 0 atom stereocenters. The van der Waals surface area contributed by atoms with Crippen LogP contribution in [0.4, 0.5) is 0 Å². The van der Waals surface area contributed by atoms with Crippen molar-refractivity contribution in [2.45, 2.75) is 6.42 Å². The summed E-state index contributed by atoms with van der Waals surface area (Å²) in [6.45, 7) is 0.831. The Labute approximate surface area is 137 Å². The lowest BCUT2D eigenvalue weighted by molar-refractivity contribution is 0.0163. The molecule has 124 valence electrons. The van der Waals surface area contributed by atoms with Crippen molar-refractivity contribution in [2.24, 2.45) is 0 Å². The van der Waals surface area contributed by atoms with E-state index in [9.17, 15) is 14.4 Å². The molecule has 3 heterocycles. The van der Waals surface area contributed by atoms with E-state index in [2.05, 4.69) is 9.72 Å². The van der Waals surface area contributed by atoms with Crippen molar-refractivity contribution in [3.8, 4) is 0 Å². The van der Waals surface area contributed by atoms with Crippen LogP contribution in [-0.2, 0) is 4.74 Å². The fraction of sp³-hybridized carbons (Fsp3) is 0.250. The maximum atomic E-state index is 12.6. The number of esters is 1. The molecular weight excluding hydrogens is 314 g/mol. The molecule has 8 nitrogen and oxygen atoms in total. The molecule has 1 aliphatic heterocycles. The third kappa shape index (κ3) is 2.85. The van der Waals surface area contributed by atoms with Crippen LogP contribution in [0.2, 0.25) is 0 Å². The number of hydrazine groups is 1. The molecule has 0 aliphatic carbocycles. The van der Waals surface area contributed by atoms with Gasteiger partial charge in [0, 0.05) is 19.3 Å². The fourth-order valence-corrected chi connectivity index (χ4v) is 2.45. The Morgan fingerprint density at radius 1 is 1.12 bits per heavy atom. The molecule has 2 amide bonds. The van der Waals surface area contributed by atoms with E-state index in [-0.39, 0.29) is 22.9 Å². The predicted octanol–water partition coefficient (Wildman–Crippen LogP) is 1.36. The van der Waals surface area contributed by atoms with Gasteiger partial charge in [0.1, 0.15) is 5.69 Å². The number of hydrogen-bond donors (Lipinski definition) is 0. The Bertz CT molecular complexity index is 755. The highest BCUT2D eigenvalue weighted by Gasteiger charge is 2.33. The average molecular weight is 329 g/mol. The zero-order valence-electron chi connectivity index (χ0n) is 13.0. The third-order valence-electron chi connectivity index (χ3n) is 3.64. The SMILES string of the molecule is COC(=O)c1ccc(C(=O)N2CCCN2C(=O)c2ccco2)nc1.